The third-order valence-electron chi connectivity index (χ3n) is 4.02. The molecule has 2 N–H and O–H groups in total. The van der Waals surface area contributed by atoms with E-state index in [1.54, 1.807) is 32.9 Å². The number of carboxylic acid groups (broad SMARTS) is 1. The van der Waals surface area contributed by atoms with Gasteiger partial charge in [0.25, 0.3) is 0 Å². The Morgan fingerprint density at radius 3 is 2.64 bits per heavy atom. The number of imidazole rings is 1. The SMILES string of the molecule is Cc1nc2ccc(-c3ccccc3OCCCOC(C)(C)O)nn2c1C(=O)O. The monoisotopic (exact) mass is 385 g/mol. The highest BCUT2D eigenvalue weighted by atomic mass is 16.6. The molecular weight excluding hydrogens is 362 g/mol. The fraction of sp³-hybridized carbons (Fsp3) is 0.350. The number of ether oxygens (including phenoxy) is 2. The molecule has 8 heteroatoms. The maximum absolute atomic E-state index is 11.5. The second-order valence-corrected chi connectivity index (χ2v) is 6.83. The molecule has 28 heavy (non-hydrogen) atoms. The van der Waals surface area contributed by atoms with E-state index in [1.807, 2.05) is 24.3 Å². The second-order valence-electron chi connectivity index (χ2n) is 6.83. The van der Waals surface area contributed by atoms with Gasteiger partial charge in [0.1, 0.15) is 5.75 Å². The summed E-state index contributed by atoms with van der Waals surface area (Å²) in [4.78, 5) is 15.8. The van der Waals surface area contributed by atoms with E-state index in [1.165, 1.54) is 4.52 Å². The summed E-state index contributed by atoms with van der Waals surface area (Å²) in [6, 6.07) is 10.9. The number of aromatic carboxylic acids is 1. The van der Waals surface area contributed by atoms with Crippen LogP contribution in [0.1, 0.15) is 36.5 Å². The average molecular weight is 385 g/mol. The Morgan fingerprint density at radius 2 is 1.93 bits per heavy atom. The van der Waals surface area contributed by atoms with Gasteiger partial charge in [0.2, 0.25) is 0 Å². The van der Waals surface area contributed by atoms with Crippen molar-refractivity contribution in [3.63, 3.8) is 0 Å². The summed E-state index contributed by atoms with van der Waals surface area (Å²) in [7, 11) is 0. The number of aromatic nitrogens is 3. The number of aliphatic hydroxyl groups is 1. The summed E-state index contributed by atoms with van der Waals surface area (Å²) in [5.41, 5.74) is 2.25. The van der Waals surface area contributed by atoms with Crippen LogP contribution in [0.4, 0.5) is 0 Å². The zero-order valence-electron chi connectivity index (χ0n) is 16.0. The summed E-state index contributed by atoms with van der Waals surface area (Å²) >= 11 is 0. The molecule has 0 amide bonds. The maximum atomic E-state index is 11.5. The van der Waals surface area contributed by atoms with Crippen molar-refractivity contribution in [2.24, 2.45) is 0 Å². The van der Waals surface area contributed by atoms with Gasteiger partial charge >= 0.3 is 5.97 Å². The number of rotatable bonds is 8. The molecule has 0 saturated carbocycles. The molecule has 0 aliphatic carbocycles. The fourth-order valence-corrected chi connectivity index (χ4v) is 2.80. The van der Waals surface area contributed by atoms with Crippen molar-refractivity contribution in [2.75, 3.05) is 13.2 Å². The first-order valence-corrected chi connectivity index (χ1v) is 8.94. The Morgan fingerprint density at radius 1 is 1.18 bits per heavy atom. The van der Waals surface area contributed by atoms with Crippen LogP contribution in [0, 0.1) is 6.92 Å². The van der Waals surface area contributed by atoms with Crippen molar-refractivity contribution in [3.8, 4) is 17.0 Å². The first-order chi connectivity index (χ1) is 13.3. The predicted octanol–water partition coefficient (Wildman–Crippen LogP) is 2.92. The van der Waals surface area contributed by atoms with Gasteiger partial charge in [-0.25, -0.2) is 14.3 Å². The minimum absolute atomic E-state index is 0.0408. The zero-order chi connectivity index (χ0) is 20.3. The van der Waals surface area contributed by atoms with Gasteiger partial charge in [0, 0.05) is 12.0 Å². The molecule has 8 nitrogen and oxygen atoms in total. The van der Waals surface area contributed by atoms with E-state index < -0.39 is 11.8 Å². The molecular formula is C20H23N3O5. The molecule has 0 saturated heterocycles. The highest BCUT2D eigenvalue weighted by Crippen LogP contribution is 2.29. The lowest BCUT2D eigenvalue weighted by Gasteiger charge is -2.18. The molecule has 3 aromatic rings. The Bertz CT molecular complexity index is 991. The van der Waals surface area contributed by atoms with Crippen LogP contribution in [0.2, 0.25) is 0 Å². The number of carboxylic acids is 1. The van der Waals surface area contributed by atoms with Gasteiger partial charge in [-0.1, -0.05) is 12.1 Å². The number of nitrogens with zero attached hydrogens (tertiary/aromatic N) is 3. The van der Waals surface area contributed by atoms with Crippen molar-refractivity contribution < 1.29 is 24.5 Å². The van der Waals surface area contributed by atoms with E-state index in [0.29, 0.717) is 42.4 Å². The van der Waals surface area contributed by atoms with E-state index in [9.17, 15) is 15.0 Å². The quantitative estimate of drug-likeness (QED) is 0.453. The van der Waals surface area contributed by atoms with Crippen LogP contribution >= 0.6 is 0 Å². The van der Waals surface area contributed by atoms with E-state index in [2.05, 4.69) is 10.1 Å². The molecule has 3 rings (SSSR count). The molecule has 148 valence electrons. The summed E-state index contributed by atoms with van der Waals surface area (Å²) < 4.78 is 12.5. The highest BCUT2D eigenvalue weighted by molar-refractivity contribution is 5.88. The zero-order valence-corrected chi connectivity index (χ0v) is 16.0. The van der Waals surface area contributed by atoms with Crippen LogP contribution in [0.25, 0.3) is 16.9 Å². The van der Waals surface area contributed by atoms with Crippen molar-refractivity contribution in [3.05, 3.63) is 47.8 Å². The minimum atomic E-state index is -1.16. The molecule has 0 aliphatic heterocycles. The summed E-state index contributed by atoms with van der Waals surface area (Å²) in [5.74, 6) is -1.61. The number of carbonyl (C=O) groups is 1. The Balaban J connectivity index is 1.82. The van der Waals surface area contributed by atoms with Crippen LogP contribution in [0.15, 0.2) is 36.4 Å². The summed E-state index contributed by atoms with van der Waals surface area (Å²) in [6.45, 7) is 5.57. The first kappa shape index (κ1) is 19.8. The number of hydrogen-bond donors (Lipinski definition) is 2. The second kappa shape index (κ2) is 7.95. The molecule has 0 aliphatic rings. The lowest BCUT2D eigenvalue weighted by molar-refractivity contribution is -0.176. The smallest absolute Gasteiger partial charge is 0.356 e. The number of para-hydroxylation sites is 1. The van der Waals surface area contributed by atoms with Crippen LogP contribution in [0.3, 0.4) is 0 Å². The molecule has 0 bridgehead atoms. The number of hydrogen-bond acceptors (Lipinski definition) is 6. The van der Waals surface area contributed by atoms with Crippen molar-refractivity contribution >= 4 is 11.6 Å². The first-order valence-electron chi connectivity index (χ1n) is 8.94. The molecule has 0 fully saturated rings. The molecule has 2 heterocycles. The van der Waals surface area contributed by atoms with E-state index >= 15 is 0 Å². The van der Waals surface area contributed by atoms with Gasteiger partial charge in [-0.15, -0.1) is 0 Å². The van der Waals surface area contributed by atoms with Gasteiger partial charge in [0.05, 0.1) is 24.6 Å². The molecule has 0 spiro atoms. The Labute approximate surface area is 162 Å². The Kier molecular flexibility index (Phi) is 5.62. The third kappa shape index (κ3) is 4.47. The maximum Gasteiger partial charge on any atom is 0.356 e. The largest absolute Gasteiger partial charge is 0.493 e. The topological polar surface area (TPSA) is 106 Å². The van der Waals surface area contributed by atoms with Gasteiger partial charge in [0.15, 0.2) is 17.1 Å². The van der Waals surface area contributed by atoms with Crippen molar-refractivity contribution in [1.29, 1.82) is 0 Å². The minimum Gasteiger partial charge on any atom is -0.493 e. The normalized spacial score (nSPS) is 11.7. The number of benzene rings is 1. The lowest BCUT2D eigenvalue weighted by Crippen LogP contribution is -2.24. The van der Waals surface area contributed by atoms with Crippen LogP contribution in [-0.2, 0) is 4.74 Å². The third-order valence-corrected chi connectivity index (χ3v) is 4.02. The number of fused-ring (bicyclic) bond motifs is 1. The van der Waals surface area contributed by atoms with E-state index in [-0.39, 0.29) is 5.69 Å². The molecule has 0 unspecified atom stereocenters. The van der Waals surface area contributed by atoms with Gasteiger partial charge < -0.3 is 19.7 Å². The average Bonchev–Trinajstić information content (AvgIpc) is 2.95. The van der Waals surface area contributed by atoms with Gasteiger partial charge in [-0.2, -0.15) is 5.10 Å². The van der Waals surface area contributed by atoms with E-state index in [4.69, 9.17) is 9.47 Å². The summed E-state index contributed by atoms with van der Waals surface area (Å²) in [5, 5.41) is 23.5. The highest BCUT2D eigenvalue weighted by Gasteiger charge is 2.18. The van der Waals surface area contributed by atoms with Gasteiger partial charge in [-0.05, 0) is 45.0 Å². The predicted molar refractivity (Wildman–Crippen MR) is 102 cm³/mol. The van der Waals surface area contributed by atoms with Crippen molar-refractivity contribution in [1.82, 2.24) is 14.6 Å². The van der Waals surface area contributed by atoms with Gasteiger partial charge in [-0.3, -0.25) is 0 Å². The molecule has 0 radical (unpaired) electrons. The van der Waals surface area contributed by atoms with Crippen LogP contribution in [-0.4, -0.2) is 49.8 Å². The number of aryl methyl sites for hydroxylation is 1. The van der Waals surface area contributed by atoms with Crippen LogP contribution in [0.5, 0.6) is 5.75 Å². The van der Waals surface area contributed by atoms with Crippen molar-refractivity contribution in [2.45, 2.75) is 33.0 Å². The standard InChI is InChI=1S/C20H23N3O5/c1-13-18(19(24)25)23-17(21-13)10-9-15(22-23)14-7-4-5-8-16(14)27-11-6-12-28-20(2,3)26/h4-5,7-10,26H,6,11-12H2,1-3H3,(H,24,25). The fourth-order valence-electron chi connectivity index (χ4n) is 2.80. The Hall–Kier alpha value is -2.97. The van der Waals surface area contributed by atoms with Crippen LogP contribution < -0.4 is 4.74 Å². The molecule has 0 atom stereocenters. The molecule has 2 aromatic heterocycles. The van der Waals surface area contributed by atoms with E-state index in [0.717, 1.165) is 5.56 Å². The summed E-state index contributed by atoms with van der Waals surface area (Å²) in [6.07, 6.45) is 0.606. The molecule has 1 aromatic carbocycles. The lowest BCUT2D eigenvalue weighted by atomic mass is 10.1.